The van der Waals surface area contributed by atoms with E-state index in [1.54, 1.807) is 0 Å². The minimum absolute atomic E-state index is 0.0921. The second-order valence-electron chi connectivity index (χ2n) is 10.5. The second kappa shape index (κ2) is 11.9. The van der Waals surface area contributed by atoms with E-state index in [2.05, 4.69) is 55.3 Å². The number of anilines is 1. The minimum Gasteiger partial charge on any atom is -0.340 e. The van der Waals surface area contributed by atoms with Crippen LogP contribution in [-0.2, 0) is 9.59 Å². The Hall–Kier alpha value is -2.66. The third kappa shape index (κ3) is 6.13. The molecule has 0 bridgehead atoms. The lowest BCUT2D eigenvalue weighted by atomic mass is 9.93. The predicted octanol–water partition coefficient (Wildman–Crippen LogP) is 5.65. The van der Waals surface area contributed by atoms with Crippen LogP contribution in [-0.4, -0.2) is 53.8 Å². The summed E-state index contributed by atoms with van der Waals surface area (Å²) in [5, 5.41) is 3.20. The van der Waals surface area contributed by atoms with E-state index in [4.69, 9.17) is 0 Å². The standard InChI is InChI=1S/C30H41N3O2/c1-4-27(24-10-6-5-7-11-24)30(35)33-20-18-32(19-21-33)28(25-12-8-9-13-25)29(34)31-26-16-14-23(15-17-26)22(2)3/h5-7,10-11,14-17,22,25,27-28H,4,8-9,12-13,18-21H2,1-3H3,(H,31,34)/t27-,28+/m0/s1. The molecule has 2 fully saturated rings. The molecule has 35 heavy (non-hydrogen) atoms. The number of hydrogen-bond acceptors (Lipinski definition) is 3. The van der Waals surface area contributed by atoms with Crippen LogP contribution in [0.15, 0.2) is 54.6 Å². The molecule has 1 aliphatic heterocycles. The SMILES string of the molecule is CC[C@H](C(=O)N1CCN([C@@H](C(=O)Nc2ccc(C(C)C)cc2)C2CCCC2)CC1)c1ccccc1. The normalized spacial score (nSPS) is 19.0. The van der Waals surface area contributed by atoms with Gasteiger partial charge in [-0.2, -0.15) is 0 Å². The number of hydrogen-bond donors (Lipinski definition) is 1. The zero-order valence-electron chi connectivity index (χ0n) is 21.6. The van der Waals surface area contributed by atoms with Crippen LogP contribution < -0.4 is 5.32 Å². The van der Waals surface area contributed by atoms with Gasteiger partial charge in [0.2, 0.25) is 11.8 Å². The van der Waals surface area contributed by atoms with Crippen LogP contribution in [0.25, 0.3) is 0 Å². The molecule has 5 heteroatoms. The van der Waals surface area contributed by atoms with Crippen molar-refractivity contribution in [3.05, 3.63) is 65.7 Å². The van der Waals surface area contributed by atoms with Crippen molar-refractivity contribution in [3.8, 4) is 0 Å². The van der Waals surface area contributed by atoms with Crippen LogP contribution in [0.2, 0.25) is 0 Å². The molecular weight excluding hydrogens is 434 g/mol. The molecule has 1 saturated carbocycles. The Kier molecular flexibility index (Phi) is 8.61. The molecule has 1 aliphatic carbocycles. The molecule has 4 rings (SSSR count). The van der Waals surface area contributed by atoms with Gasteiger partial charge in [-0.25, -0.2) is 0 Å². The number of nitrogens with one attached hydrogen (secondary N) is 1. The van der Waals surface area contributed by atoms with Crippen LogP contribution in [0, 0.1) is 5.92 Å². The fourth-order valence-electron chi connectivity index (χ4n) is 5.80. The lowest BCUT2D eigenvalue weighted by Crippen LogP contribution is -2.57. The van der Waals surface area contributed by atoms with Crippen molar-refractivity contribution in [2.75, 3.05) is 31.5 Å². The van der Waals surface area contributed by atoms with E-state index >= 15 is 0 Å². The highest BCUT2D eigenvalue weighted by Gasteiger charge is 2.38. The highest BCUT2D eigenvalue weighted by molar-refractivity contribution is 5.95. The summed E-state index contributed by atoms with van der Waals surface area (Å²) in [4.78, 5) is 31.2. The summed E-state index contributed by atoms with van der Waals surface area (Å²) in [6.45, 7) is 9.30. The van der Waals surface area contributed by atoms with Gasteiger partial charge in [0.15, 0.2) is 0 Å². The van der Waals surface area contributed by atoms with Gasteiger partial charge in [-0.3, -0.25) is 14.5 Å². The van der Waals surface area contributed by atoms with Crippen molar-refractivity contribution in [1.29, 1.82) is 0 Å². The van der Waals surface area contributed by atoms with Gasteiger partial charge < -0.3 is 10.2 Å². The topological polar surface area (TPSA) is 52.7 Å². The van der Waals surface area contributed by atoms with Gasteiger partial charge in [0.25, 0.3) is 0 Å². The van der Waals surface area contributed by atoms with E-state index in [1.165, 1.54) is 18.4 Å². The smallest absolute Gasteiger partial charge is 0.242 e. The minimum atomic E-state index is -0.129. The van der Waals surface area contributed by atoms with Crippen molar-refractivity contribution >= 4 is 17.5 Å². The molecule has 0 radical (unpaired) electrons. The monoisotopic (exact) mass is 475 g/mol. The first-order valence-corrected chi connectivity index (χ1v) is 13.5. The van der Waals surface area contributed by atoms with Gasteiger partial charge in [-0.1, -0.05) is 76.1 Å². The number of amides is 2. The molecule has 2 aromatic carbocycles. The number of rotatable bonds is 8. The molecule has 1 N–H and O–H groups in total. The Balaban J connectivity index is 1.41. The fraction of sp³-hybridized carbons (Fsp3) is 0.533. The molecule has 0 spiro atoms. The fourth-order valence-corrected chi connectivity index (χ4v) is 5.80. The van der Waals surface area contributed by atoms with E-state index in [1.807, 2.05) is 35.2 Å². The molecule has 0 aromatic heterocycles. The number of carbonyl (C=O) groups excluding carboxylic acids is 2. The number of piperazine rings is 1. The molecule has 1 saturated heterocycles. The summed E-state index contributed by atoms with van der Waals surface area (Å²) in [5.41, 5.74) is 3.23. The van der Waals surface area contributed by atoms with E-state index in [0.717, 1.165) is 43.6 Å². The summed E-state index contributed by atoms with van der Waals surface area (Å²) in [7, 11) is 0. The molecule has 2 amide bonds. The maximum Gasteiger partial charge on any atom is 0.242 e. The molecule has 2 aromatic rings. The Labute approximate surface area is 210 Å². The molecule has 2 atom stereocenters. The van der Waals surface area contributed by atoms with Gasteiger partial charge in [0.1, 0.15) is 0 Å². The van der Waals surface area contributed by atoms with E-state index in [0.29, 0.717) is 24.9 Å². The second-order valence-corrected chi connectivity index (χ2v) is 10.5. The Morgan fingerprint density at radius 3 is 2.09 bits per heavy atom. The average Bonchev–Trinajstić information content (AvgIpc) is 3.40. The van der Waals surface area contributed by atoms with Gasteiger partial charge in [0.05, 0.1) is 12.0 Å². The summed E-state index contributed by atoms with van der Waals surface area (Å²) in [6.07, 6.45) is 5.41. The number of carbonyl (C=O) groups is 2. The Bertz CT molecular complexity index is 959. The highest BCUT2D eigenvalue weighted by Crippen LogP contribution is 2.32. The average molecular weight is 476 g/mol. The van der Waals surface area contributed by atoms with Crippen LogP contribution in [0.4, 0.5) is 5.69 Å². The van der Waals surface area contributed by atoms with Crippen molar-refractivity contribution < 1.29 is 9.59 Å². The lowest BCUT2D eigenvalue weighted by molar-refractivity contribution is -0.136. The zero-order chi connectivity index (χ0) is 24.8. The predicted molar refractivity (Wildman–Crippen MR) is 143 cm³/mol. The molecule has 1 heterocycles. The van der Waals surface area contributed by atoms with Gasteiger partial charge in [-0.05, 0) is 54.4 Å². The van der Waals surface area contributed by atoms with Crippen LogP contribution in [0.3, 0.4) is 0 Å². The van der Waals surface area contributed by atoms with Crippen molar-refractivity contribution in [3.63, 3.8) is 0 Å². The molecule has 0 unspecified atom stereocenters. The first kappa shape index (κ1) is 25.4. The highest BCUT2D eigenvalue weighted by atomic mass is 16.2. The molecular formula is C30H41N3O2. The van der Waals surface area contributed by atoms with E-state index in [-0.39, 0.29) is 23.8 Å². The molecule has 188 valence electrons. The van der Waals surface area contributed by atoms with Gasteiger partial charge >= 0.3 is 0 Å². The molecule has 2 aliphatic rings. The summed E-state index contributed by atoms with van der Waals surface area (Å²) >= 11 is 0. The van der Waals surface area contributed by atoms with Crippen molar-refractivity contribution in [1.82, 2.24) is 9.80 Å². The first-order chi connectivity index (χ1) is 17.0. The quantitative estimate of drug-likeness (QED) is 0.537. The maximum absolute atomic E-state index is 13.5. The van der Waals surface area contributed by atoms with Crippen molar-refractivity contribution in [2.45, 2.75) is 70.8 Å². The van der Waals surface area contributed by atoms with Crippen LogP contribution in [0.1, 0.15) is 75.8 Å². The van der Waals surface area contributed by atoms with Gasteiger partial charge in [0, 0.05) is 31.9 Å². The number of nitrogens with zero attached hydrogens (tertiary/aromatic N) is 2. The van der Waals surface area contributed by atoms with E-state index < -0.39 is 0 Å². The zero-order valence-corrected chi connectivity index (χ0v) is 21.6. The van der Waals surface area contributed by atoms with E-state index in [9.17, 15) is 9.59 Å². The summed E-state index contributed by atoms with van der Waals surface area (Å²) in [6, 6.07) is 18.2. The Morgan fingerprint density at radius 2 is 1.51 bits per heavy atom. The maximum atomic E-state index is 13.5. The summed E-state index contributed by atoms with van der Waals surface area (Å²) < 4.78 is 0. The third-order valence-corrected chi connectivity index (χ3v) is 7.89. The third-order valence-electron chi connectivity index (χ3n) is 7.89. The number of benzene rings is 2. The van der Waals surface area contributed by atoms with Crippen LogP contribution in [0.5, 0.6) is 0 Å². The lowest BCUT2D eigenvalue weighted by Gasteiger charge is -2.41. The molecule has 5 nitrogen and oxygen atoms in total. The first-order valence-electron chi connectivity index (χ1n) is 13.5. The summed E-state index contributed by atoms with van der Waals surface area (Å²) in [5.74, 6) is 1.08. The van der Waals surface area contributed by atoms with Crippen molar-refractivity contribution in [2.24, 2.45) is 5.92 Å². The van der Waals surface area contributed by atoms with Crippen LogP contribution >= 0.6 is 0 Å². The van der Waals surface area contributed by atoms with Gasteiger partial charge in [-0.15, -0.1) is 0 Å². The Morgan fingerprint density at radius 1 is 0.886 bits per heavy atom. The largest absolute Gasteiger partial charge is 0.340 e.